The zero-order valence-corrected chi connectivity index (χ0v) is 21.4. The zero-order chi connectivity index (χ0) is 26.2. The number of aromatic nitrogens is 3. The van der Waals surface area contributed by atoms with Crippen LogP contribution >= 0.6 is 11.3 Å². The smallest absolute Gasteiger partial charge is 0.311 e. The molecule has 3 rings (SSSR count). The maximum absolute atomic E-state index is 12.9. The molecular formula is C24H27N5O6S. The monoisotopic (exact) mass is 513 g/mol. The first kappa shape index (κ1) is 26.5. The van der Waals surface area contributed by atoms with Crippen LogP contribution in [0.3, 0.4) is 0 Å². The van der Waals surface area contributed by atoms with E-state index in [0.29, 0.717) is 16.4 Å². The van der Waals surface area contributed by atoms with Crippen LogP contribution in [0.25, 0.3) is 0 Å². The molecule has 0 aliphatic carbocycles. The number of ether oxygens (including phenoxy) is 3. The van der Waals surface area contributed by atoms with Gasteiger partial charge >= 0.3 is 5.97 Å². The summed E-state index contributed by atoms with van der Waals surface area (Å²) in [7, 11) is 3.30. The third kappa shape index (κ3) is 7.47. The first-order valence-corrected chi connectivity index (χ1v) is 12.0. The van der Waals surface area contributed by atoms with Crippen molar-refractivity contribution in [2.45, 2.75) is 33.3 Å². The summed E-state index contributed by atoms with van der Waals surface area (Å²) in [4.78, 5) is 50.8. The molecule has 0 spiro atoms. The van der Waals surface area contributed by atoms with Gasteiger partial charge in [-0.25, -0.2) is 9.97 Å². The predicted octanol–water partition coefficient (Wildman–Crippen LogP) is 3.57. The molecule has 0 saturated heterocycles. The summed E-state index contributed by atoms with van der Waals surface area (Å²) in [6.45, 7) is 5.68. The number of hydrogen-bond donors (Lipinski definition) is 1. The second kappa shape index (κ2) is 12.1. The number of carbonyl (C=O) groups is 3. The van der Waals surface area contributed by atoms with Crippen LogP contribution in [0.15, 0.2) is 35.8 Å². The van der Waals surface area contributed by atoms with Gasteiger partial charge in [0, 0.05) is 43.9 Å². The number of hydrogen-bond acceptors (Lipinski definition) is 10. The zero-order valence-electron chi connectivity index (χ0n) is 20.6. The first-order chi connectivity index (χ1) is 17.1. The third-order valence-electron chi connectivity index (χ3n) is 4.40. The van der Waals surface area contributed by atoms with E-state index in [1.807, 2.05) is 13.8 Å². The Morgan fingerprint density at radius 2 is 1.81 bits per heavy atom. The number of nitrogens with zero attached hydrogens (tertiary/aromatic N) is 4. The molecule has 0 radical (unpaired) electrons. The van der Waals surface area contributed by atoms with E-state index in [0.717, 1.165) is 0 Å². The summed E-state index contributed by atoms with van der Waals surface area (Å²) in [5, 5.41) is 4.71. The molecule has 0 unspecified atom stereocenters. The lowest BCUT2D eigenvalue weighted by Crippen LogP contribution is -2.21. The molecule has 190 valence electrons. The average Bonchev–Trinajstić information content (AvgIpc) is 3.25. The van der Waals surface area contributed by atoms with Gasteiger partial charge < -0.3 is 19.1 Å². The van der Waals surface area contributed by atoms with Crippen molar-refractivity contribution in [1.82, 2.24) is 19.9 Å². The fourth-order valence-corrected chi connectivity index (χ4v) is 3.58. The van der Waals surface area contributed by atoms with Crippen molar-refractivity contribution in [3.05, 3.63) is 52.7 Å². The molecular weight excluding hydrogens is 486 g/mol. The quantitative estimate of drug-likeness (QED) is 0.404. The Hall–Kier alpha value is -4.06. The molecule has 3 heterocycles. The SMILES string of the molecule is CCOC(=O)Cc1csc(NC(=O)c2cc(Oc3ccc(C(=O)N(C)C)cn3)nc(OC(C)C)c2)n1. The molecule has 0 aliphatic rings. The van der Waals surface area contributed by atoms with E-state index in [4.69, 9.17) is 14.2 Å². The summed E-state index contributed by atoms with van der Waals surface area (Å²) in [6, 6.07) is 6.05. The Labute approximate surface area is 212 Å². The second-order valence-corrected chi connectivity index (χ2v) is 8.82. The van der Waals surface area contributed by atoms with Crippen LogP contribution in [-0.4, -0.2) is 64.4 Å². The van der Waals surface area contributed by atoms with Gasteiger partial charge in [0.1, 0.15) is 0 Å². The van der Waals surface area contributed by atoms with Crippen molar-refractivity contribution in [3.8, 4) is 17.6 Å². The first-order valence-electron chi connectivity index (χ1n) is 11.1. The fourth-order valence-electron chi connectivity index (χ4n) is 2.87. The lowest BCUT2D eigenvalue weighted by Gasteiger charge is -2.13. The molecule has 36 heavy (non-hydrogen) atoms. The van der Waals surface area contributed by atoms with Crippen LogP contribution < -0.4 is 14.8 Å². The molecule has 0 aliphatic heterocycles. The Morgan fingerprint density at radius 3 is 2.44 bits per heavy atom. The highest BCUT2D eigenvalue weighted by Crippen LogP contribution is 2.25. The summed E-state index contributed by atoms with van der Waals surface area (Å²) in [5.74, 6) is -0.582. The van der Waals surface area contributed by atoms with Crippen molar-refractivity contribution in [3.63, 3.8) is 0 Å². The van der Waals surface area contributed by atoms with Gasteiger partial charge in [0.2, 0.25) is 17.6 Å². The fraction of sp³-hybridized carbons (Fsp3) is 0.333. The van der Waals surface area contributed by atoms with Gasteiger partial charge in [-0.15, -0.1) is 11.3 Å². The number of pyridine rings is 2. The minimum absolute atomic E-state index is 0.0196. The summed E-state index contributed by atoms with van der Waals surface area (Å²) < 4.78 is 16.3. The maximum atomic E-state index is 12.9. The summed E-state index contributed by atoms with van der Waals surface area (Å²) in [5.41, 5.74) is 1.12. The van der Waals surface area contributed by atoms with Crippen molar-refractivity contribution in [2.75, 3.05) is 26.0 Å². The van der Waals surface area contributed by atoms with Crippen LogP contribution in [0.2, 0.25) is 0 Å². The molecule has 1 N–H and O–H groups in total. The third-order valence-corrected chi connectivity index (χ3v) is 5.21. The van der Waals surface area contributed by atoms with Crippen LogP contribution in [-0.2, 0) is 16.0 Å². The van der Waals surface area contributed by atoms with Crippen molar-refractivity contribution in [2.24, 2.45) is 0 Å². The van der Waals surface area contributed by atoms with E-state index in [9.17, 15) is 14.4 Å². The van der Waals surface area contributed by atoms with E-state index in [1.54, 1.807) is 32.5 Å². The minimum atomic E-state index is -0.465. The van der Waals surface area contributed by atoms with Crippen molar-refractivity contribution >= 4 is 34.3 Å². The number of anilines is 1. The van der Waals surface area contributed by atoms with Crippen LogP contribution in [0.1, 0.15) is 47.2 Å². The number of amides is 2. The van der Waals surface area contributed by atoms with E-state index in [-0.39, 0.29) is 54.2 Å². The second-order valence-electron chi connectivity index (χ2n) is 7.97. The molecule has 0 aromatic carbocycles. The number of rotatable bonds is 10. The summed E-state index contributed by atoms with van der Waals surface area (Å²) >= 11 is 1.19. The number of thiazole rings is 1. The van der Waals surface area contributed by atoms with Crippen molar-refractivity contribution < 1.29 is 28.6 Å². The highest BCUT2D eigenvalue weighted by molar-refractivity contribution is 7.14. The number of esters is 1. The number of nitrogens with one attached hydrogen (secondary N) is 1. The van der Waals surface area contributed by atoms with E-state index >= 15 is 0 Å². The van der Waals surface area contributed by atoms with Gasteiger partial charge in [-0.1, -0.05) is 0 Å². The van der Waals surface area contributed by atoms with Crippen LogP contribution in [0.5, 0.6) is 17.6 Å². The Morgan fingerprint density at radius 1 is 1.06 bits per heavy atom. The van der Waals surface area contributed by atoms with E-state index in [1.165, 1.54) is 40.6 Å². The molecule has 0 fully saturated rings. The van der Waals surface area contributed by atoms with E-state index < -0.39 is 5.91 Å². The Bertz CT molecular complexity index is 1230. The van der Waals surface area contributed by atoms with Crippen LogP contribution in [0, 0.1) is 0 Å². The average molecular weight is 514 g/mol. The highest BCUT2D eigenvalue weighted by atomic mass is 32.1. The van der Waals surface area contributed by atoms with Gasteiger partial charge in [-0.05, 0) is 26.8 Å². The predicted molar refractivity (Wildman–Crippen MR) is 133 cm³/mol. The topological polar surface area (TPSA) is 133 Å². The molecule has 3 aromatic rings. The normalized spacial score (nSPS) is 10.6. The largest absolute Gasteiger partial charge is 0.475 e. The van der Waals surface area contributed by atoms with Gasteiger partial charge in [0.15, 0.2) is 5.13 Å². The number of carbonyl (C=O) groups excluding carboxylic acids is 3. The van der Waals surface area contributed by atoms with Crippen molar-refractivity contribution in [1.29, 1.82) is 0 Å². The highest BCUT2D eigenvalue weighted by Gasteiger charge is 2.16. The molecule has 0 atom stereocenters. The molecule has 12 heteroatoms. The van der Waals surface area contributed by atoms with Gasteiger partial charge in [0.25, 0.3) is 11.8 Å². The van der Waals surface area contributed by atoms with Gasteiger partial charge in [0.05, 0.1) is 36.0 Å². The lowest BCUT2D eigenvalue weighted by molar-refractivity contribution is -0.142. The van der Waals surface area contributed by atoms with Gasteiger partial charge in [-0.3, -0.25) is 19.7 Å². The molecule has 3 aromatic heterocycles. The molecule has 0 saturated carbocycles. The molecule has 2 amide bonds. The Balaban J connectivity index is 1.78. The summed E-state index contributed by atoms with van der Waals surface area (Å²) in [6.07, 6.45) is 1.23. The minimum Gasteiger partial charge on any atom is -0.475 e. The maximum Gasteiger partial charge on any atom is 0.311 e. The van der Waals surface area contributed by atoms with Crippen LogP contribution in [0.4, 0.5) is 5.13 Å². The van der Waals surface area contributed by atoms with E-state index in [2.05, 4.69) is 20.3 Å². The van der Waals surface area contributed by atoms with Gasteiger partial charge in [-0.2, -0.15) is 4.98 Å². The lowest BCUT2D eigenvalue weighted by atomic mass is 10.2. The standard InChI is InChI=1S/C24H27N5O6S/c1-6-33-21(30)11-17-13-36-24(26-17)28-22(31)16-9-19(34-14(2)3)27-20(10-16)35-18-8-7-15(12-25-18)23(32)29(4)5/h7-10,12-14H,6,11H2,1-5H3,(H,26,28,31). The molecule has 0 bridgehead atoms. The molecule has 11 nitrogen and oxygen atoms in total. The Kier molecular flexibility index (Phi) is 8.90.